The molecule has 0 aromatic heterocycles. The number of nitrogens with one attached hydrogen (secondary N) is 1. The van der Waals surface area contributed by atoms with Crippen molar-refractivity contribution in [3.05, 3.63) is 57.3 Å². The highest BCUT2D eigenvalue weighted by molar-refractivity contribution is 9.10. The van der Waals surface area contributed by atoms with E-state index in [-0.39, 0.29) is 11.6 Å². The van der Waals surface area contributed by atoms with Gasteiger partial charge in [-0.15, -0.1) is 0 Å². The molecule has 0 amide bonds. The summed E-state index contributed by atoms with van der Waals surface area (Å²) in [5, 5.41) is 12.8. The Hall–Kier alpha value is -1.26. The van der Waals surface area contributed by atoms with Gasteiger partial charge in [0.1, 0.15) is 11.6 Å². The molecule has 0 saturated carbocycles. The molecule has 0 aliphatic carbocycles. The number of rotatable bonds is 3. The van der Waals surface area contributed by atoms with Crippen molar-refractivity contribution in [3.63, 3.8) is 0 Å². The first-order valence-electron chi connectivity index (χ1n) is 5.22. The van der Waals surface area contributed by atoms with Crippen molar-refractivity contribution in [1.82, 2.24) is 0 Å². The first-order chi connectivity index (χ1) is 8.56. The molecule has 2 N–H and O–H groups in total. The zero-order valence-electron chi connectivity index (χ0n) is 9.25. The number of benzene rings is 2. The Kier molecular flexibility index (Phi) is 4.09. The van der Waals surface area contributed by atoms with Crippen molar-refractivity contribution in [2.24, 2.45) is 0 Å². The molecule has 2 nitrogen and oxygen atoms in total. The van der Waals surface area contributed by atoms with E-state index in [1.165, 1.54) is 12.1 Å². The molecule has 0 radical (unpaired) electrons. The Morgan fingerprint density at radius 2 is 2.00 bits per heavy atom. The summed E-state index contributed by atoms with van der Waals surface area (Å²) < 4.78 is 13.5. The molecular formula is C13H10BrClFNO. The maximum absolute atomic E-state index is 12.9. The topological polar surface area (TPSA) is 32.3 Å². The quantitative estimate of drug-likeness (QED) is 0.864. The summed E-state index contributed by atoms with van der Waals surface area (Å²) in [5.74, 6) is -0.170. The highest BCUT2D eigenvalue weighted by Crippen LogP contribution is 2.26. The van der Waals surface area contributed by atoms with E-state index in [2.05, 4.69) is 21.2 Å². The molecule has 0 heterocycles. The second-order valence-electron chi connectivity index (χ2n) is 3.76. The zero-order valence-corrected chi connectivity index (χ0v) is 11.6. The number of halogens is 3. The van der Waals surface area contributed by atoms with Crippen LogP contribution in [0.15, 0.2) is 40.9 Å². The Balaban J connectivity index is 2.09. The number of hydrogen-bond donors (Lipinski definition) is 2. The number of phenols is 1. The number of aromatic hydroxyl groups is 1. The van der Waals surface area contributed by atoms with E-state index in [1.807, 2.05) is 0 Å². The molecule has 0 fully saturated rings. The smallest absolute Gasteiger partial charge is 0.129 e. The molecule has 0 unspecified atom stereocenters. The normalized spacial score (nSPS) is 10.4. The maximum Gasteiger partial charge on any atom is 0.129 e. The van der Waals surface area contributed by atoms with E-state index in [9.17, 15) is 9.50 Å². The van der Waals surface area contributed by atoms with Gasteiger partial charge in [0.05, 0.1) is 15.2 Å². The van der Waals surface area contributed by atoms with Crippen molar-refractivity contribution >= 4 is 33.2 Å². The second kappa shape index (κ2) is 5.59. The second-order valence-corrected chi connectivity index (χ2v) is 5.03. The largest absolute Gasteiger partial charge is 0.507 e. The van der Waals surface area contributed by atoms with Crippen LogP contribution in [0.1, 0.15) is 5.56 Å². The molecule has 0 saturated heterocycles. The third-order valence-electron chi connectivity index (χ3n) is 2.43. The average molecular weight is 331 g/mol. The van der Waals surface area contributed by atoms with Gasteiger partial charge in [0.2, 0.25) is 0 Å². The fourth-order valence-corrected chi connectivity index (χ4v) is 2.15. The highest BCUT2D eigenvalue weighted by atomic mass is 79.9. The van der Waals surface area contributed by atoms with Crippen LogP contribution in [-0.2, 0) is 6.54 Å². The maximum atomic E-state index is 12.9. The third kappa shape index (κ3) is 3.15. The van der Waals surface area contributed by atoms with Gasteiger partial charge in [-0.3, -0.25) is 0 Å². The van der Waals surface area contributed by atoms with E-state index in [1.54, 1.807) is 24.3 Å². The summed E-state index contributed by atoms with van der Waals surface area (Å²) in [6.07, 6.45) is 0. The first kappa shape index (κ1) is 13.2. The van der Waals surface area contributed by atoms with Gasteiger partial charge in [0.25, 0.3) is 0 Å². The van der Waals surface area contributed by atoms with Gasteiger partial charge in [-0.2, -0.15) is 0 Å². The molecule has 0 aliphatic rings. The minimum Gasteiger partial charge on any atom is -0.507 e. The monoisotopic (exact) mass is 329 g/mol. The number of phenolic OH excluding ortho intramolecular Hbond substituents is 1. The molecule has 0 spiro atoms. The third-order valence-corrected chi connectivity index (χ3v) is 3.37. The average Bonchev–Trinajstić information content (AvgIpc) is 2.32. The predicted molar refractivity (Wildman–Crippen MR) is 74.5 cm³/mol. The van der Waals surface area contributed by atoms with Crippen LogP contribution in [0.5, 0.6) is 5.75 Å². The summed E-state index contributed by atoms with van der Waals surface area (Å²) in [5.41, 5.74) is 1.64. The van der Waals surface area contributed by atoms with E-state index in [0.29, 0.717) is 21.7 Å². The molecule has 0 aliphatic heterocycles. The Morgan fingerprint density at radius 1 is 1.22 bits per heavy atom. The molecule has 2 aromatic rings. The summed E-state index contributed by atoms with van der Waals surface area (Å²) in [6, 6.07) is 9.41. The van der Waals surface area contributed by atoms with Gasteiger partial charge in [-0.1, -0.05) is 17.7 Å². The van der Waals surface area contributed by atoms with Crippen LogP contribution in [0.25, 0.3) is 0 Å². The van der Waals surface area contributed by atoms with Crippen molar-refractivity contribution in [1.29, 1.82) is 0 Å². The van der Waals surface area contributed by atoms with Gasteiger partial charge in [-0.05, 0) is 51.8 Å². The van der Waals surface area contributed by atoms with Crippen molar-refractivity contribution in [2.45, 2.75) is 6.54 Å². The lowest BCUT2D eigenvalue weighted by molar-refractivity contribution is 0.471. The van der Waals surface area contributed by atoms with Crippen molar-refractivity contribution in [3.8, 4) is 5.75 Å². The minimum atomic E-state index is -0.363. The van der Waals surface area contributed by atoms with E-state index in [4.69, 9.17) is 11.6 Å². The predicted octanol–water partition coefficient (Wildman–Crippen LogP) is 4.56. The highest BCUT2D eigenvalue weighted by Gasteiger charge is 2.03. The zero-order chi connectivity index (χ0) is 13.1. The van der Waals surface area contributed by atoms with E-state index in [0.717, 1.165) is 5.56 Å². The summed E-state index contributed by atoms with van der Waals surface area (Å²) >= 11 is 9.14. The summed E-state index contributed by atoms with van der Waals surface area (Å²) in [6.45, 7) is 0.532. The van der Waals surface area contributed by atoms with Crippen LogP contribution in [0, 0.1) is 5.82 Å². The lowest BCUT2D eigenvalue weighted by Crippen LogP contribution is -2.00. The number of anilines is 1. The SMILES string of the molecule is Oc1ccc(CNc2ccc(F)cc2Cl)cc1Br. The van der Waals surface area contributed by atoms with Crippen molar-refractivity contribution in [2.75, 3.05) is 5.32 Å². The van der Waals surface area contributed by atoms with Gasteiger partial charge in [0.15, 0.2) is 0 Å². The van der Waals surface area contributed by atoms with Gasteiger partial charge in [0, 0.05) is 6.54 Å². The van der Waals surface area contributed by atoms with Crippen LogP contribution in [0.2, 0.25) is 5.02 Å². The standard InChI is InChI=1S/C13H10BrClFNO/c14-10-5-8(1-4-13(10)18)7-17-12-3-2-9(16)6-11(12)15/h1-6,17-18H,7H2. The lowest BCUT2D eigenvalue weighted by atomic mass is 10.2. The van der Waals surface area contributed by atoms with Crippen LogP contribution < -0.4 is 5.32 Å². The fourth-order valence-electron chi connectivity index (χ4n) is 1.49. The summed E-state index contributed by atoms with van der Waals surface area (Å²) in [7, 11) is 0. The van der Waals surface area contributed by atoms with E-state index >= 15 is 0 Å². The number of hydrogen-bond acceptors (Lipinski definition) is 2. The first-order valence-corrected chi connectivity index (χ1v) is 6.39. The fraction of sp³-hybridized carbons (Fsp3) is 0.0769. The van der Waals surface area contributed by atoms with E-state index < -0.39 is 0 Å². The van der Waals surface area contributed by atoms with Gasteiger partial charge in [-0.25, -0.2) is 4.39 Å². The van der Waals surface area contributed by atoms with Crippen LogP contribution in [0.3, 0.4) is 0 Å². The molecule has 0 bridgehead atoms. The van der Waals surface area contributed by atoms with Crippen LogP contribution >= 0.6 is 27.5 Å². The molecule has 2 aromatic carbocycles. The summed E-state index contributed by atoms with van der Waals surface area (Å²) in [4.78, 5) is 0. The Morgan fingerprint density at radius 3 is 2.67 bits per heavy atom. The molecule has 0 atom stereocenters. The molecule has 5 heteroatoms. The van der Waals surface area contributed by atoms with Gasteiger partial charge >= 0.3 is 0 Å². The molecule has 2 rings (SSSR count). The van der Waals surface area contributed by atoms with Crippen LogP contribution in [0.4, 0.5) is 10.1 Å². The van der Waals surface area contributed by atoms with Crippen molar-refractivity contribution < 1.29 is 9.50 Å². The lowest BCUT2D eigenvalue weighted by Gasteiger charge is -2.09. The molecule has 94 valence electrons. The molecular weight excluding hydrogens is 321 g/mol. The Bertz CT molecular complexity index is 577. The van der Waals surface area contributed by atoms with Gasteiger partial charge < -0.3 is 10.4 Å². The molecule has 18 heavy (non-hydrogen) atoms. The minimum absolute atomic E-state index is 0.193. The Labute approximate surface area is 118 Å². The van der Waals surface area contributed by atoms with Crippen LogP contribution in [-0.4, -0.2) is 5.11 Å².